The highest BCUT2D eigenvalue weighted by atomic mass is 35.5. The number of hydrogen-bond acceptors (Lipinski definition) is 4. The highest BCUT2D eigenvalue weighted by Gasteiger charge is 2.32. The highest BCUT2D eigenvalue weighted by Crippen LogP contribution is 2.31. The largest absolute Gasteiger partial charge is 0.263 e. The molecule has 1 aromatic carbocycles. The Morgan fingerprint density at radius 1 is 1.27 bits per heavy atom. The smallest absolute Gasteiger partial charge is 0.244 e. The van der Waals surface area contributed by atoms with E-state index < -0.39 is 10.0 Å². The minimum atomic E-state index is -3.54. The molecule has 6 nitrogen and oxygen atoms in total. The van der Waals surface area contributed by atoms with Crippen molar-refractivity contribution in [2.75, 3.05) is 13.1 Å². The summed E-state index contributed by atoms with van der Waals surface area (Å²) < 4.78 is 26.8. The monoisotopic (exact) mass is 340 g/mol. The lowest BCUT2D eigenvalue weighted by Crippen LogP contribution is -2.38. The van der Waals surface area contributed by atoms with Crippen LogP contribution < -0.4 is 0 Å². The number of H-pyrrole nitrogens is 1. The number of sulfonamides is 1. The Labute approximate surface area is 134 Å². The van der Waals surface area contributed by atoms with E-state index in [2.05, 4.69) is 15.2 Å². The predicted octanol–water partition coefficient (Wildman–Crippen LogP) is 2.33. The molecule has 0 aliphatic carbocycles. The zero-order chi connectivity index (χ0) is 15.7. The quantitative estimate of drug-likeness (QED) is 0.930. The van der Waals surface area contributed by atoms with Crippen LogP contribution in [0.15, 0.2) is 29.2 Å². The summed E-state index contributed by atoms with van der Waals surface area (Å²) in [5.74, 6) is 1.75. The Morgan fingerprint density at radius 3 is 2.55 bits per heavy atom. The fourth-order valence-electron chi connectivity index (χ4n) is 2.69. The third kappa shape index (κ3) is 2.88. The molecular weight excluding hydrogens is 324 g/mol. The lowest BCUT2D eigenvalue weighted by Gasteiger charge is -2.30. The molecule has 22 heavy (non-hydrogen) atoms. The molecule has 3 rings (SSSR count). The van der Waals surface area contributed by atoms with Crippen LogP contribution in [-0.4, -0.2) is 41.0 Å². The molecule has 1 aromatic heterocycles. The maximum absolute atomic E-state index is 12.7. The van der Waals surface area contributed by atoms with Crippen molar-refractivity contribution < 1.29 is 8.42 Å². The normalized spacial score (nSPS) is 17.7. The number of nitrogens with one attached hydrogen (secondary N) is 1. The number of halogens is 1. The van der Waals surface area contributed by atoms with Crippen molar-refractivity contribution in [3.05, 3.63) is 40.9 Å². The van der Waals surface area contributed by atoms with E-state index in [1.54, 1.807) is 24.3 Å². The average molecular weight is 341 g/mol. The number of hydrogen-bond donors (Lipinski definition) is 1. The fraction of sp³-hybridized carbons (Fsp3) is 0.429. The van der Waals surface area contributed by atoms with Crippen LogP contribution in [0.4, 0.5) is 0 Å². The predicted molar refractivity (Wildman–Crippen MR) is 83.3 cm³/mol. The molecule has 1 aliphatic rings. The Balaban J connectivity index is 1.75. The second kappa shape index (κ2) is 5.98. The minimum Gasteiger partial charge on any atom is -0.263 e. The second-order valence-electron chi connectivity index (χ2n) is 5.39. The maximum atomic E-state index is 12.7. The summed E-state index contributed by atoms with van der Waals surface area (Å²) in [7, 11) is -3.54. The number of aromatic nitrogens is 3. The van der Waals surface area contributed by atoms with Gasteiger partial charge in [-0.1, -0.05) is 23.7 Å². The van der Waals surface area contributed by atoms with Crippen molar-refractivity contribution in [1.29, 1.82) is 0 Å². The van der Waals surface area contributed by atoms with E-state index in [-0.39, 0.29) is 15.8 Å². The summed E-state index contributed by atoms with van der Waals surface area (Å²) in [6, 6.07) is 6.54. The minimum absolute atomic E-state index is 0.170. The van der Waals surface area contributed by atoms with E-state index in [1.165, 1.54) is 4.31 Å². The van der Waals surface area contributed by atoms with Crippen molar-refractivity contribution in [3.63, 3.8) is 0 Å². The van der Waals surface area contributed by atoms with Crippen LogP contribution in [0.3, 0.4) is 0 Å². The lowest BCUT2D eigenvalue weighted by molar-refractivity contribution is 0.314. The maximum Gasteiger partial charge on any atom is 0.244 e. The molecule has 1 N–H and O–H groups in total. The Kier molecular flexibility index (Phi) is 4.20. The van der Waals surface area contributed by atoms with Crippen molar-refractivity contribution in [2.45, 2.75) is 30.6 Å². The van der Waals surface area contributed by atoms with Crippen molar-refractivity contribution in [2.24, 2.45) is 0 Å². The van der Waals surface area contributed by atoms with Crippen molar-refractivity contribution >= 4 is 21.6 Å². The molecule has 1 aliphatic heterocycles. The third-order valence-electron chi connectivity index (χ3n) is 3.89. The first-order chi connectivity index (χ1) is 10.5. The average Bonchev–Trinajstić information content (AvgIpc) is 2.94. The van der Waals surface area contributed by atoms with Gasteiger partial charge in [0.05, 0.1) is 5.02 Å². The highest BCUT2D eigenvalue weighted by molar-refractivity contribution is 7.89. The summed E-state index contributed by atoms with van der Waals surface area (Å²) >= 11 is 6.03. The number of aromatic amines is 1. The molecule has 0 spiro atoms. The number of nitrogens with zero attached hydrogens (tertiary/aromatic N) is 3. The molecule has 1 saturated heterocycles. The van der Waals surface area contributed by atoms with E-state index in [1.807, 2.05) is 6.92 Å². The number of benzene rings is 1. The molecule has 118 valence electrons. The van der Waals surface area contributed by atoms with Gasteiger partial charge in [0.15, 0.2) is 5.82 Å². The van der Waals surface area contributed by atoms with E-state index in [0.717, 1.165) is 11.6 Å². The van der Waals surface area contributed by atoms with Gasteiger partial charge in [0, 0.05) is 19.0 Å². The Bertz CT molecular complexity index is 767. The van der Waals surface area contributed by atoms with Gasteiger partial charge >= 0.3 is 0 Å². The number of aryl methyl sites for hydroxylation is 1. The SMILES string of the molecule is Cc1nc(C2CCN(S(=O)(=O)c3ccccc3Cl)CC2)n[nH]1. The summed E-state index contributed by atoms with van der Waals surface area (Å²) in [6.07, 6.45) is 1.42. The van der Waals surface area contributed by atoms with Crippen LogP contribution in [0.1, 0.15) is 30.4 Å². The lowest BCUT2D eigenvalue weighted by atomic mass is 9.98. The van der Waals surface area contributed by atoms with Gasteiger partial charge in [0.1, 0.15) is 10.7 Å². The molecule has 1 fully saturated rings. The summed E-state index contributed by atoms with van der Waals surface area (Å²) in [5.41, 5.74) is 0. The molecule has 0 saturated carbocycles. The van der Waals surface area contributed by atoms with Crippen LogP contribution >= 0.6 is 11.6 Å². The van der Waals surface area contributed by atoms with Gasteiger partial charge in [-0.3, -0.25) is 5.10 Å². The van der Waals surface area contributed by atoms with Gasteiger partial charge < -0.3 is 0 Å². The molecule has 0 unspecified atom stereocenters. The topological polar surface area (TPSA) is 79.0 Å². The molecule has 0 bridgehead atoms. The molecule has 8 heteroatoms. The Morgan fingerprint density at radius 2 is 1.95 bits per heavy atom. The summed E-state index contributed by atoms with van der Waals surface area (Å²) in [4.78, 5) is 4.51. The molecule has 2 heterocycles. The van der Waals surface area contributed by atoms with Crippen LogP contribution in [-0.2, 0) is 10.0 Å². The van der Waals surface area contributed by atoms with Gasteiger partial charge in [-0.15, -0.1) is 0 Å². The molecule has 0 atom stereocenters. The first-order valence-corrected chi connectivity index (χ1v) is 8.94. The van der Waals surface area contributed by atoms with Gasteiger partial charge in [-0.25, -0.2) is 13.4 Å². The van der Waals surface area contributed by atoms with Gasteiger partial charge in [-0.05, 0) is 31.9 Å². The van der Waals surface area contributed by atoms with Crippen molar-refractivity contribution in [1.82, 2.24) is 19.5 Å². The molecular formula is C14H17ClN4O2S. The zero-order valence-corrected chi connectivity index (χ0v) is 13.7. The first-order valence-electron chi connectivity index (χ1n) is 7.12. The zero-order valence-electron chi connectivity index (χ0n) is 12.2. The first kappa shape index (κ1) is 15.5. The van der Waals surface area contributed by atoms with Crippen LogP contribution in [0, 0.1) is 6.92 Å². The van der Waals surface area contributed by atoms with E-state index in [0.29, 0.717) is 25.9 Å². The van der Waals surface area contributed by atoms with E-state index in [4.69, 9.17) is 11.6 Å². The fourth-order valence-corrected chi connectivity index (χ4v) is 4.65. The van der Waals surface area contributed by atoms with Crippen LogP contribution in [0.25, 0.3) is 0 Å². The summed E-state index contributed by atoms with van der Waals surface area (Å²) in [5, 5.41) is 7.26. The molecule has 0 radical (unpaired) electrons. The molecule has 0 amide bonds. The van der Waals surface area contributed by atoms with Crippen LogP contribution in [0.2, 0.25) is 5.02 Å². The Hall–Kier alpha value is -1.44. The standard InChI is InChI=1S/C14H17ClN4O2S/c1-10-16-14(18-17-10)11-6-8-19(9-7-11)22(20,21)13-5-3-2-4-12(13)15/h2-5,11H,6-9H2,1H3,(H,16,17,18). The number of piperidine rings is 1. The molecule has 2 aromatic rings. The van der Waals surface area contributed by atoms with Gasteiger partial charge in [0.2, 0.25) is 10.0 Å². The third-order valence-corrected chi connectivity index (χ3v) is 6.29. The van der Waals surface area contributed by atoms with E-state index >= 15 is 0 Å². The van der Waals surface area contributed by atoms with E-state index in [9.17, 15) is 8.42 Å². The summed E-state index contributed by atoms with van der Waals surface area (Å²) in [6.45, 7) is 2.76. The van der Waals surface area contributed by atoms with Crippen molar-refractivity contribution in [3.8, 4) is 0 Å². The van der Waals surface area contributed by atoms with Gasteiger partial charge in [0.25, 0.3) is 0 Å². The van der Waals surface area contributed by atoms with Gasteiger partial charge in [-0.2, -0.15) is 9.40 Å². The second-order valence-corrected chi connectivity index (χ2v) is 7.70. The van der Waals surface area contributed by atoms with Crippen LogP contribution in [0.5, 0.6) is 0 Å². The number of rotatable bonds is 3.